The van der Waals surface area contributed by atoms with Crippen molar-refractivity contribution in [3.8, 4) is 5.75 Å². The molecule has 2 aromatic rings. The molecule has 0 aromatic heterocycles. The smallest absolute Gasteiger partial charge is 0.306 e. The van der Waals surface area contributed by atoms with E-state index >= 15 is 0 Å². The molecule has 0 fully saturated rings. The molecule has 168 valence electrons. The van der Waals surface area contributed by atoms with Gasteiger partial charge in [-0.1, -0.05) is 18.2 Å². The molecule has 0 aliphatic rings. The predicted octanol–water partition coefficient (Wildman–Crippen LogP) is 2.76. The summed E-state index contributed by atoms with van der Waals surface area (Å²) < 4.78 is 36.1. The SMILES string of the molecule is COc1ccc(CCC(=O)OC(C)C(=O)Nc2cc(S(=O)(=O)N(C)C)ccc2C)cc1. The van der Waals surface area contributed by atoms with Gasteiger partial charge in [0.1, 0.15) is 5.75 Å². The molecule has 31 heavy (non-hydrogen) atoms. The van der Waals surface area contributed by atoms with Crippen LogP contribution in [-0.2, 0) is 30.8 Å². The Balaban J connectivity index is 1.96. The van der Waals surface area contributed by atoms with E-state index in [0.717, 1.165) is 15.6 Å². The summed E-state index contributed by atoms with van der Waals surface area (Å²) in [5, 5.41) is 2.64. The van der Waals surface area contributed by atoms with Gasteiger partial charge in [-0.05, 0) is 55.7 Å². The molecule has 0 radical (unpaired) electrons. The van der Waals surface area contributed by atoms with E-state index in [0.29, 0.717) is 17.7 Å². The highest BCUT2D eigenvalue weighted by atomic mass is 32.2. The van der Waals surface area contributed by atoms with Gasteiger partial charge in [-0.15, -0.1) is 0 Å². The number of esters is 1. The Morgan fingerprint density at radius 2 is 1.74 bits per heavy atom. The third-order valence-corrected chi connectivity index (χ3v) is 6.51. The van der Waals surface area contributed by atoms with E-state index in [-0.39, 0.29) is 11.3 Å². The van der Waals surface area contributed by atoms with Gasteiger partial charge in [-0.3, -0.25) is 9.59 Å². The Morgan fingerprint density at radius 1 is 1.10 bits per heavy atom. The van der Waals surface area contributed by atoms with E-state index in [1.165, 1.54) is 33.2 Å². The highest BCUT2D eigenvalue weighted by molar-refractivity contribution is 7.89. The van der Waals surface area contributed by atoms with Crippen LogP contribution in [0.25, 0.3) is 0 Å². The molecule has 1 N–H and O–H groups in total. The first-order chi connectivity index (χ1) is 14.5. The van der Waals surface area contributed by atoms with Gasteiger partial charge in [-0.2, -0.15) is 0 Å². The maximum atomic E-state index is 12.5. The van der Waals surface area contributed by atoms with Crippen molar-refractivity contribution in [2.45, 2.75) is 37.7 Å². The number of nitrogens with one attached hydrogen (secondary N) is 1. The first kappa shape index (κ1) is 24.4. The van der Waals surface area contributed by atoms with Crippen LogP contribution in [0.2, 0.25) is 0 Å². The molecule has 0 saturated heterocycles. The Bertz CT molecular complexity index is 1030. The second-order valence-corrected chi connectivity index (χ2v) is 9.39. The van der Waals surface area contributed by atoms with E-state index < -0.39 is 28.0 Å². The Kier molecular flexibility index (Phi) is 8.18. The summed E-state index contributed by atoms with van der Waals surface area (Å²) in [4.78, 5) is 24.7. The number of carbonyl (C=O) groups is 2. The second kappa shape index (κ2) is 10.4. The monoisotopic (exact) mass is 448 g/mol. The van der Waals surface area contributed by atoms with E-state index in [1.54, 1.807) is 20.1 Å². The zero-order valence-corrected chi connectivity index (χ0v) is 19.2. The number of hydrogen-bond acceptors (Lipinski definition) is 6. The van der Waals surface area contributed by atoms with Crippen molar-refractivity contribution in [1.82, 2.24) is 4.31 Å². The van der Waals surface area contributed by atoms with Crippen molar-refractivity contribution in [1.29, 1.82) is 0 Å². The zero-order chi connectivity index (χ0) is 23.2. The lowest BCUT2D eigenvalue weighted by Crippen LogP contribution is -2.30. The molecule has 0 aliphatic carbocycles. The van der Waals surface area contributed by atoms with Gasteiger partial charge in [0, 0.05) is 26.2 Å². The number of amides is 1. The number of methoxy groups -OCH3 is 1. The molecule has 0 spiro atoms. The van der Waals surface area contributed by atoms with E-state index in [2.05, 4.69) is 5.32 Å². The topological polar surface area (TPSA) is 102 Å². The minimum absolute atomic E-state index is 0.0579. The molecule has 1 atom stereocenters. The Labute approximate surface area is 183 Å². The highest BCUT2D eigenvalue weighted by Gasteiger charge is 2.21. The number of anilines is 1. The lowest BCUT2D eigenvalue weighted by molar-refractivity contribution is -0.153. The van der Waals surface area contributed by atoms with E-state index in [9.17, 15) is 18.0 Å². The van der Waals surface area contributed by atoms with Crippen LogP contribution in [0.4, 0.5) is 5.69 Å². The molecule has 0 bridgehead atoms. The molecule has 0 aliphatic heterocycles. The lowest BCUT2D eigenvalue weighted by atomic mass is 10.1. The highest BCUT2D eigenvalue weighted by Crippen LogP contribution is 2.22. The summed E-state index contributed by atoms with van der Waals surface area (Å²) >= 11 is 0. The molecule has 2 aromatic carbocycles. The fourth-order valence-electron chi connectivity index (χ4n) is 2.69. The first-order valence-electron chi connectivity index (χ1n) is 9.71. The summed E-state index contributed by atoms with van der Waals surface area (Å²) in [5.41, 5.74) is 1.97. The van der Waals surface area contributed by atoms with Gasteiger partial charge < -0.3 is 14.8 Å². The molecule has 1 amide bonds. The third-order valence-electron chi connectivity index (χ3n) is 4.70. The van der Waals surface area contributed by atoms with Crippen molar-refractivity contribution < 1.29 is 27.5 Å². The van der Waals surface area contributed by atoms with Crippen LogP contribution in [0.5, 0.6) is 5.75 Å². The molecule has 1 unspecified atom stereocenters. The van der Waals surface area contributed by atoms with Crippen LogP contribution in [0.3, 0.4) is 0 Å². The zero-order valence-electron chi connectivity index (χ0n) is 18.3. The minimum Gasteiger partial charge on any atom is -0.497 e. The van der Waals surface area contributed by atoms with Crippen LogP contribution < -0.4 is 10.1 Å². The van der Waals surface area contributed by atoms with Crippen LogP contribution in [-0.4, -0.2) is 51.9 Å². The average molecular weight is 449 g/mol. The van der Waals surface area contributed by atoms with Crippen molar-refractivity contribution in [2.75, 3.05) is 26.5 Å². The van der Waals surface area contributed by atoms with Gasteiger partial charge >= 0.3 is 5.97 Å². The summed E-state index contributed by atoms with van der Waals surface area (Å²) in [6.45, 7) is 3.21. The van der Waals surface area contributed by atoms with Gasteiger partial charge in [0.15, 0.2) is 6.10 Å². The summed E-state index contributed by atoms with van der Waals surface area (Å²) in [7, 11) is 0.803. The number of aryl methyl sites for hydroxylation is 2. The number of nitrogens with zero attached hydrogens (tertiary/aromatic N) is 1. The fraction of sp³-hybridized carbons (Fsp3) is 0.364. The number of hydrogen-bond donors (Lipinski definition) is 1. The minimum atomic E-state index is -3.64. The number of sulfonamides is 1. The predicted molar refractivity (Wildman–Crippen MR) is 118 cm³/mol. The van der Waals surface area contributed by atoms with Crippen LogP contribution >= 0.6 is 0 Å². The second-order valence-electron chi connectivity index (χ2n) is 7.23. The summed E-state index contributed by atoms with van der Waals surface area (Å²) in [5.74, 6) is -0.311. The van der Waals surface area contributed by atoms with Crippen molar-refractivity contribution in [2.24, 2.45) is 0 Å². The number of rotatable bonds is 9. The quantitative estimate of drug-likeness (QED) is 0.592. The number of benzene rings is 2. The standard InChI is InChI=1S/C22H28N2O6S/c1-15-6-12-19(31(27,28)24(3)4)14-20(15)23-22(26)16(2)30-21(25)13-9-17-7-10-18(29-5)11-8-17/h6-8,10-12,14,16H,9,13H2,1-5H3,(H,23,26). The third kappa shape index (κ3) is 6.53. The molecule has 2 rings (SSSR count). The van der Waals surface area contributed by atoms with Crippen molar-refractivity contribution >= 4 is 27.6 Å². The average Bonchev–Trinajstić information content (AvgIpc) is 2.73. The first-order valence-corrected chi connectivity index (χ1v) is 11.1. The maximum absolute atomic E-state index is 12.5. The summed E-state index contributed by atoms with van der Waals surface area (Å²) in [6.07, 6.45) is -0.433. The Morgan fingerprint density at radius 3 is 2.32 bits per heavy atom. The van der Waals surface area contributed by atoms with Crippen LogP contribution in [0.1, 0.15) is 24.5 Å². The van der Waals surface area contributed by atoms with Crippen LogP contribution in [0.15, 0.2) is 47.4 Å². The van der Waals surface area contributed by atoms with Crippen LogP contribution in [0, 0.1) is 6.92 Å². The lowest BCUT2D eigenvalue weighted by Gasteiger charge is -2.17. The largest absolute Gasteiger partial charge is 0.497 e. The molecule has 9 heteroatoms. The summed E-state index contributed by atoms with van der Waals surface area (Å²) in [6, 6.07) is 11.8. The molecule has 0 heterocycles. The van der Waals surface area contributed by atoms with Gasteiger partial charge in [-0.25, -0.2) is 12.7 Å². The van der Waals surface area contributed by atoms with Gasteiger partial charge in [0.2, 0.25) is 10.0 Å². The molecular weight excluding hydrogens is 420 g/mol. The molecule has 8 nitrogen and oxygen atoms in total. The number of carbonyl (C=O) groups excluding carboxylic acids is 2. The van der Waals surface area contributed by atoms with E-state index in [1.807, 2.05) is 24.3 Å². The van der Waals surface area contributed by atoms with Crippen molar-refractivity contribution in [3.05, 3.63) is 53.6 Å². The van der Waals surface area contributed by atoms with E-state index in [4.69, 9.17) is 9.47 Å². The van der Waals surface area contributed by atoms with Gasteiger partial charge in [0.25, 0.3) is 5.91 Å². The Hall–Kier alpha value is -2.91. The van der Waals surface area contributed by atoms with Crippen molar-refractivity contribution in [3.63, 3.8) is 0 Å². The fourth-order valence-corrected chi connectivity index (χ4v) is 3.62. The normalized spacial score (nSPS) is 12.3. The molecule has 0 saturated carbocycles. The maximum Gasteiger partial charge on any atom is 0.306 e. The van der Waals surface area contributed by atoms with Gasteiger partial charge in [0.05, 0.1) is 12.0 Å². The molecular formula is C22H28N2O6S. The number of ether oxygens (including phenoxy) is 2.